The Bertz CT molecular complexity index is 398. The molecule has 0 atom stereocenters. The predicted octanol–water partition coefficient (Wildman–Crippen LogP) is 2.94. The monoisotopic (exact) mass is 217 g/mol. The van der Waals surface area contributed by atoms with Gasteiger partial charge in [-0.15, -0.1) is 0 Å². The lowest BCUT2D eigenvalue weighted by Gasteiger charge is -2.22. The fraction of sp³-hybridized carbons (Fsp3) is 0.500. The first-order valence-corrected chi connectivity index (χ1v) is 6.12. The van der Waals surface area contributed by atoms with Gasteiger partial charge in [0.05, 0.1) is 0 Å². The Kier molecular flexibility index (Phi) is 3.28. The van der Waals surface area contributed by atoms with E-state index in [1.54, 1.807) is 6.92 Å². The molecule has 0 bridgehead atoms. The van der Waals surface area contributed by atoms with Crippen LogP contribution in [0, 0.1) is 0 Å². The summed E-state index contributed by atoms with van der Waals surface area (Å²) in [5, 5.41) is 0. The number of carbonyl (C=O) groups excluding carboxylic acids is 1. The van der Waals surface area contributed by atoms with Crippen LogP contribution in [0.1, 0.15) is 37.8 Å². The molecule has 0 fully saturated rings. The van der Waals surface area contributed by atoms with Crippen LogP contribution in [0.25, 0.3) is 0 Å². The van der Waals surface area contributed by atoms with Gasteiger partial charge < -0.3 is 4.90 Å². The van der Waals surface area contributed by atoms with Gasteiger partial charge in [0, 0.05) is 19.2 Å². The summed E-state index contributed by atoms with van der Waals surface area (Å²) in [7, 11) is 0. The molecule has 0 saturated heterocycles. The van der Waals surface area contributed by atoms with Gasteiger partial charge in [0.2, 0.25) is 5.91 Å². The van der Waals surface area contributed by atoms with Crippen molar-refractivity contribution < 1.29 is 4.79 Å². The van der Waals surface area contributed by atoms with Crippen LogP contribution in [0.4, 0.5) is 5.69 Å². The number of benzene rings is 1. The summed E-state index contributed by atoms with van der Waals surface area (Å²) in [5.74, 6) is 0.123. The second kappa shape index (κ2) is 4.69. The molecule has 0 aromatic heterocycles. The number of hydrogen-bond acceptors (Lipinski definition) is 1. The van der Waals surface area contributed by atoms with Crippen LogP contribution >= 0.6 is 0 Å². The van der Waals surface area contributed by atoms with E-state index in [0.717, 1.165) is 12.2 Å². The first-order valence-electron chi connectivity index (χ1n) is 6.12. The summed E-state index contributed by atoms with van der Waals surface area (Å²) in [6.45, 7) is 4.39. The van der Waals surface area contributed by atoms with E-state index in [9.17, 15) is 4.79 Å². The Morgan fingerprint density at radius 2 is 1.94 bits per heavy atom. The zero-order valence-corrected chi connectivity index (χ0v) is 10.1. The Balaban J connectivity index is 2.32. The molecule has 0 unspecified atom stereocenters. The number of anilines is 1. The van der Waals surface area contributed by atoms with Crippen molar-refractivity contribution in [2.24, 2.45) is 0 Å². The first kappa shape index (κ1) is 11.2. The summed E-state index contributed by atoms with van der Waals surface area (Å²) in [6, 6.07) is 6.46. The Hall–Kier alpha value is -1.31. The van der Waals surface area contributed by atoms with Gasteiger partial charge in [-0.3, -0.25) is 4.79 Å². The smallest absolute Gasteiger partial charge is 0.223 e. The zero-order chi connectivity index (χ0) is 11.5. The van der Waals surface area contributed by atoms with Crippen molar-refractivity contribution in [2.75, 3.05) is 11.4 Å². The summed E-state index contributed by atoms with van der Waals surface area (Å²) < 4.78 is 0. The summed E-state index contributed by atoms with van der Waals surface area (Å²) in [4.78, 5) is 13.3. The van der Waals surface area contributed by atoms with E-state index in [1.165, 1.54) is 36.8 Å². The third-order valence-electron chi connectivity index (χ3n) is 3.34. The van der Waals surface area contributed by atoms with Crippen LogP contribution in [0.3, 0.4) is 0 Å². The number of aryl methyl sites for hydroxylation is 2. The molecule has 1 aromatic carbocycles. The van der Waals surface area contributed by atoms with Crippen molar-refractivity contribution in [3.05, 3.63) is 29.3 Å². The molecule has 0 N–H and O–H groups in total. The molecule has 0 saturated carbocycles. The number of carbonyl (C=O) groups is 1. The SMILES string of the molecule is CCN(C(C)=O)c1ccc2c(c1)CCCC2. The van der Waals surface area contributed by atoms with Crippen LogP contribution in [0.2, 0.25) is 0 Å². The number of nitrogens with zero attached hydrogens (tertiary/aromatic N) is 1. The average Bonchev–Trinajstić information content (AvgIpc) is 2.29. The first-order chi connectivity index (χ1) is 7.72. The third-order valence-corrected chi connectivity index (χ3v) is 3.34. The average molecular weight is 217 g/mol. The van der Waals surface area contributed by atoms with Gasteiger partial charge in [-0.2, -0.15) is 0 Å². The molecule has 1 aliphatic carbocycles. The van der Waals surface area contributed by atoms with Crippen molar-refractivity contribution in [3.63, 3.8) is 0 Å². The molecule has 86 valence electrons. The van der Waals surface area contributed by atoms with Gasteiger partial charge in [-0.05, 0) is 55.9 Å². The molecule has 0 spiro atoms. The lowest BCUT2D eigenvalue weighted by atomic mass is 9.91. The Labute approximate surface area is 97.3 Å². The quantitative estimate of drug-likeness (QED) is 0.746. The molecule has 2 rings (SSSR count). The van der Waals surface area contributed by atoms with Gasteiger partial charge in [0.1, 0.15) is 0 Å². The molecule has 0 aliphatic heterocycles. The van der Waals surface area contributed by atoms with Crippen LogP contribution < -0.4 is 4.90 Å². The Morgan fingerprint density at radius 1 is 1.25 bits per heavy atom. The summed E-state index contributed by atoms with van der Waals surface area (Å²) in [6.07, 6.45) is 4.94. The lowest BCUT2D eigenvalue weighted by Crippen LogP contribution is -2.28. The third kappa shape index (κ3) is 2.11. The lowest BCUT2D eigenvalue weighted by molar-refractivity contribution is -0.116. The molecule has 2 nitrogen and oxygen atoms in total. The number of amides is 1. The fourth-order valence-corrected chi connectivity index (χ4v) is 2.47. The van der Waals surface area contributed by atoms with E-state index < -0.39 is 0 Å². The summed E-state index contributed by atoms with van der Waals surface area (Å²) >= 11 is 0. The largest absolute Gasteiger partial charge is 0.313 e. The van der Waals surface area contributed by atoms with Crippen LogP contribution in [-0.4, -0.2) is 12.5 Å². The predicted molar refractivity (Wildman–Crippen MR) is 66.8 cm³/mol. The zero-order valence-electron chi connectivity index (χ0n) is 10.1. The highest BCUT2D eigenvalue weighted by molar-refractivity contribution is 5.91. The van der Waals surface area contributed by atoms with Gasteiger partial charge in [0.25, 0.3) is 0 Å². The number of fused-ring (bicyclic) bond motifs is 1. The van der Waals surface area contributed by atoms with Crippen molar-refractivity contribution in [3.8, 4) is 0 Å². The molecule has 1 amide bonds. The van der Waals surface area contributed by atoms with E-state index in [2.05, 4.69) is 18.2 Å². The second-order valence-electron chi connectivity index (χ2n) is 4.42. The minimum Gasteiger partial charge on any atom is -0.313 e. The van der Waals surface area contributed by atoms with E-state index in [4.69, 9.17) is 0 Å². The fourth-order valence-electron chi connectivity index (χ4n) is 2.47. The van der Waals surface area contributed by atoms with Crippen LogP contribution in [-0.2, 0) is 17.6 Å². The van der Waals surface area contributed by atoms with Crippen molar-refractivity contribution >= 4 is 11.6 Å². The molecule has 0 heterocycles. The second-order valence-corrected chi connectivity index (χ2v) is 4.42. The number of rotatable bonds is 2. The summed E-state index contributed by atoms with van der Waals surface area (Å²) in [5.41, 5.74) is 3.95. The Morgan fingerprint density at radius 3 is 2.56 bits per heavy atom. The highest BCUT2D eigenvalue weighted by atomic mass is 16.2. The van der Waals surface area contributed by atoms with Crippen molar-refractivity contribution in [1.82, 2.24) is 0 Å². The molecule has 16 heavy (non-hydrogen) atoms. The van der Waals surface area contributed by atoms with E-state index in [-0.39, 0.29) is 5.91 Å². The highest BCUT2D eigenvalue weighted by Crippen LogP contribution is 2.26. The van der Waals surface area contributed by atoms with E-state index in [1.807, 2.05) is 11.8 Å². The maximum absolute atomic E-state index is 11.5. The highest BCUT2D eigenvalue weighted by Gasteiger charge is 2.13. The minimum absolute atomic E-state index is 0.123. The van der Waals surface area contributed by atoms with Crippen LogP contribution in [0.15, 0.2) is 18.2 Å². The topological polar surface area (TPSA) is 20.3 Å². The van der Waals surface area contributed by atoms with Crippen LogP contribution in [0.5, 0.6) is 0 Å². The molecular weight excluding hydrogens is 198 g/mol. The standard InChI is InChI=1S/C14H19NO/c1-3-15(11(2)16)14-9-8-12-6-4-5-7-13(12)10-14/h8-10H,3-7H2,1-2H3. The van der Waals surface area contributed by atoms with Crippen molar-refractivity contribution in [2.45, 2.75) is 39.5 Å². The maximum Gasteiger partial charge on any atom is 0.223 e. The van der Waals surface area contributed by atoms with E-state index >= 15 is 0 Å². The molecule has 0 radical (unpaired) electrons. The molecule has 1 aromatic rings. The molecule has 2 heteroatoms. The minimum atomic E-state index is 0.123. The number of hydrogen-bond donors (Lipinski definition) is 0. The van der Waals surface area contributed by atoms with Crippen molar-refractivity contribution in [1.29, 1.82) is 0 Å². The normalized spacial score (nSPS) is 14.4. The maximum atomic E-state index is 11.5. The van der Waals surface area contributed by atoms with Gasteiger partial charge in [-0.1, -0.05) is 6.07 Å². The molecular formula is C14H19NO. The van der Waals surface area contributed by atoms with Gasteiger partial charge in [0.15, 0.2) is 0 Å². The van der Waals surface area contributed by atoms with Gasteiger partial charge >= 0.3 is 0 Å². The van der Waals surface area contributed by atoms with E-state index in [0.29, 0.717) is 0 Å². The molecule has 1 aliphatic rings. The van der Waals surface area contributed by atoms with Gasteiger partial charge in [-0.25, -0.2) is 0 Å².